The largest absolute Gasteiger partial charge is 0.361 e. The lowest BCUT2D eigenvalue weighted by molar-refractivity contribution is -0.117. The Morgan fingerprint density at radius 2 is 1.60 bits per heavy atom. The number of rotatable bonds is 6. The second-order valence-electron chi connectivity index (χ2n) is 7.35. The third-order valence-corrected chi connectivity index (χ3v) is 6.43. The van der Waals surface area contributed by atoms with E-state index < -0.39 is 15.9 Å². The molecule has 0 saturated carbocycles. The second-order valence-corrected chi connectivity index (χ2v) is 9.03. The number of sulfonamides is 1. The number of aryl methyl sites for hydroxylation is 4. The van der Waals surface area contributed by atoms with Crippen LogP contribution in [0.5, 0.6) is 0 Å². The summed E-state index contributed by atoms with van der Waals surface area (Å²) in [5, 5.41) is 6.69. The van der Waals surface area contributed by atoms with Crippen molar-refractivity contribution in [3.8, 4) is 0 Å². The molecule has 0 aliphatic heterocycles. The molecule has 1 amide bonds. The molecule has 1 atom stereocenters. The summed E-state index contributed by atoms with van der Waals surface area (Å²) in [5.41, 5.74) is 4.19. The number of amides is 1. The van der Waals surface area contributed by atoms with E-state index in [-0.39, 0.29) is 10.8 Å². The highest BCUT2D eigenvalue weighted by Crippen LogP contribution is 2.26. The number of para-hydroxylation sites is 1. The average Bonchev–Trinajstić information content (AvgIpc) is 3.03. The SMILES string of the molecule is Cc1cccc(C)c1NS(=O)(=O)c1ccc(NC(=O)C(C)c2c(C)noc2C)cc1. The summed E-state index contributed by atoms with van der Waals surface area (Å²) in [6, 6.07) is 11.6. The smallest absolute Gasteiger partial charge is 0.261 e. The molecule has 158 valence electrons. The van der Waals surface area contributed by atoms with E-state index in [0.29, 0.717) is 22.8 Å². The Bertz CT molecular complexity index is 1140. The maximum atomic E-state index is 12.8. The Labute approximate surface area is 176 Å². The van der Waals surface area contributed by atoms with Gasteiger partial charge in [0.25, 0.3) is 10.0 Å². The molecule has 1 aromatic heterocycles. The van der Waals surface area contributed by atoms with Crippen LogP contribution in [0.4, 0.5) is 11.4 Å². The first kappa shape index (κ1) is 21.6. The summed E-state index contributed by atoms with van der Waals surface area (Å²) in [7, 11) is -3.75. The van der Waals surface area contributed by atoms with Gasteiger partial charge in [-0.1, -0.05) is 23.4 Å². The van der Waals surface area contributed by atoms with E-state index in [0.717, 1.165) is 16.7 Å². The van der Waals surface area contributed by atoms with Crippen LogP contribution in [-0.2, 0) is 14.8 Å². The van der Waals surface area contributed by atoms with Gasteiger partial charge in [0.1, 0.15) is 5.76 Å². The van der Waals surface area contributed by atoms with Crippen LogP contribution in [0.25, 0.3) is 0 Å². The van der Waals surface area contributed by atoms with E-state index in [4.69, 9.17) is 4.52 Å². The highest BCUT2D eigenvalue weighted by molar-refractivity contribution is 7.92. The number of aromatic nitrogens is 1. The molecule has 0 aliphatic rings. The van der Waals surface area contributed by atoms with Gasteiger partial charge in [-0.3, -0.25) is 9.52 Å². The molecule has 7 nitrogen and oxygen atoms in total. The first-order valence-electron chi connectivity index (χ1n) is 9.53. The van der Waals surface area contributed by atoms with Crippen molar-refractivity contribution in [3.05, 3.63) is 70.6 Å². The third-order valence-electron chi connectivity index (χ3n) is 5.06. The molecule has 0 saturated heterocycles. The molecule has 1 heterocycles. The van der Waals surface area contributed by atoms with Gasteiger partial charge in [-0.2, -0.15) is 0 Å². The fourth-order valence-corrected chi connectivity index (χ4v) is 4.58. The standard InChI is InChI=1S/C22H25N3O4S/c1-13-7-6-8-14(2)21(13)25-30(27,28)19-11-9-18(10-12-19)23-22(26)15(3)20-16(4)24-29-17(20)5/h6-12,15,25H,1-5H3,(H,23,26). The number of nitrogens with one attached hydrogen (secondary N) is 2. The number of carbonyl (C=O) groups is 1. The van der Waals surface area contributed by atoms with Crippen LogP contribution in [0.1, 0.15) is 41.0 Å². The van der Waals surface area contributed by atoms with Gasteiger partial charge in [-0.25, -0.2) is 8.42 Å². The van der Waals surface area contributed by atoms with Gasteiger partial charge in [0, 0.05) is 11.3 Å². The van der Waals surface area contributed by atoms with Crippen molar-refractivity contribution < 1.29 is 17.7 Å². The predicted octanol–water partition coefficient (Wildman–Crippen LogP) is 4.45. The summed E-state index contributed by atoms with van der Waals surface area (Å²) >= 11 is 0. The molecule has 8 heteroatoms. The highest BCUT2D eigenvalue weighted by atomic mass is 32.2. The Hall–Kier alpha value is -3.13. The van der Waals surface area contributed by atoms with Crippen LogP contribution >= 0.6 is 0 Å². The quantitative estimate of drug-likeness (QED) is 0.605. The molecular formula is C22H25N3O4S. The summed E-state index contributed by atoms with van der Waals surface area (Å²) < 4.78 is 33.3. The van der Waals surface area contributed by atoms with Crippen molar-refractivity contribution >= 4 is 27.3 Å². The zero-order valence-corrected chi connectivity index (χ0v) is 18.4. The fraction of sp³-hybridized carbons (Fsp3) is 0.273. The van der Waals surface area contributed by atoms with Gasteiger partial charge >= 0.3 is 0 Å². The van der Waals surface area contributed by atoms with Crippen molar-refractivity contribution in [2.45, 2.75) is 45.4 Å². The molecule has 2 N–H and O–H groups in total. The normalized spacial score (nSPS) is 12.4. The molecule has 0 aliphatic carbocycles. The Balaban J connectivity index is 1.75. The van der Waals surface area contributed by atoms with E-state index in [1.165, 1.54) is 12.1 Å². The van der Waals surface area contributed by atoms with Crippen molar-refractivity contribution in [3.63, 3.8) is 0 Å². The Kier molecular flexibility index (Phi) is 5.98. The molecule has 0 bridgehead atoms. The number of anilines is 2. The Morgan fingerprint density at radius 3 is 2.13 bits per heavy atom. The first-order valence-corrected chi connectivity index (χ1v) is 11.0. The lowest BCUT2D eigenvalue weighted by Crippen LogP contribution is -2.20. The maximum absolute atomic E-state index is 12.8. The maximum Gasteiger partial charge on any atom is 0.261 e. The second kappa shape index (κ2) is 8.31. The van der Waals surface area contributed by atoms with Gasteiger partial charge in [-0.15, -0.1) is 0 Å². The van der Waals surface area contributed by atoms with Crippen LogP contribution < -0.4 is 10.0 Å². The monoisotopic (exact) mass is 427 g/mol. The molecule has 0 radical (unpaired) electrons. The van der Waals surface area contributed by atoms with Crippen molar-refractivity contribution in [2.24, 2.45) is 0 Å². The third kappa shape index (κ3) is 4.38. The van der Waals surface area contributed by atoms with Crippen LogP contribution in [0.2, 0.25) is 0 Å². The van der Waals surface area contributed by atoms with E-state index in [2.05, 4.69) is 15.2 Å². The van der Waals surface area contributed by atoms with Gasteiger partial charge in [0.05, 0.1) is 22.2 Å². The van der Waals surface area contributed by atoms with E-state index in [1.807, 2.05) is 32.0 Å². The molecule has 2 aromatic carbocycles. The zero-order valence-electron chi connectivity index (χ0n) is 17.6. The van der Waals surface area contributed by atoms with E-state index >= 15 is 0 Å². The number of benzene rings is 2. The molecule has 3 rings (SSSR count). The van der Waals surface area contributed by atoms with Crippen LogP contribution in [0, 0.1) is 27.7 Å². The molecule has 0 fully saturated rings. The minimum absolute atomic E-state index is 0.113. The summed E-state index contributed by atoms with van der Waals surface area (Å²) in [5.74, 6) is -0.0758. The van der Waals surface area contributed by atoms with Crippen molar-refractivity contribution in [1.82, 2.24) is 5.16 Å². The average molecular weight is 428 g/mol. The Morgan fingerprint density at radius 1 is 1.00 bits per heavy atom. The van der Waals surface area contributed by atoms with Crippen LogP contribution in [-0.4, -0.2) is 19.5 Å². The molecule has 0 spiro atoms. The summed E-state index contributed by atoms with van der Waals surface area (Å²) in [6.07, 6.45) is 0. The van der Waals surface area contributed by atoms with Gasteiger partial charge < -0.3 is 9.84 Å². The van der Waals surface area contributed by atoms with Gasteiger partial charge in [0.2, 0.25) is 5.91 Å². The van der Waals surface area contributed by atoms with Gasteiger partial charge in [-0.05, 0) is 70.0 Å². The minimum Gasteiger partial charge on any atom is -0.361 e. The van der Waals surface area contributed by atoms with Crippen LogP contribution in [0.3, 0.4) is 0 Å². The van der Waals surface area contributed by atoms with Crippen molar-refractivity contribution in [1.29, 1.82) is 0 Å². The minimum atomic E-state index is -3.75. The molecular weight excluding hydrogens is 402 g/mol. The van der Waals surface area contributed by atoms with Crippen LogP contribution in [0.15, 0.2) is 51.9 Å². The van der Waals surface area contributed by atoms with Crippen molar-refractivity contribution in [2.75, 3.05) is 10.0 Å². The number of hydrogen-bond acceptors (Lipinski definition) is 5. The summed E-state index contributed by atoms with van der Waals surface area (Å²) in [6.45, 7) is 9.03. The zero-order chi connectivity index (χ0) is 22.1. The van der Waals surface area contributed by atoms with E-state index in [1.54, 1.807) is 32.9 Å². The lowest BCUT2D eigenvalue weighted by atomic mass is 9.98. The predicted molar refractivity (Wildman–Crippen MR) is 116 cm³/mol. The first-order chi connectivity index (χ1) is 14.1. The highest BCUT2D eigenvalue weighted by Gasteiger charge is 2.23. The van der Waals surface area contributed by atoms with E-state index in [9.17, 15) is 13.2 Å². The molecule has 3 aromatic rings. The molecule has 1 unspecified atom stereocenters. The number of carbonyl (C=O) groups excluding carboxylic acids is 1. The fourth-order valence-electron chi connectivity index (χ4n) is 3.38. The molecule has 30 heavy (non-hydrogen) atoms. The lowest BCUT2D eigenvalue weighted by Gasteiger charge is -2.14. The van der Waals surface area contributed by atoms with Gasteiger partial charge in [0.15, 0.2) is 0 Å². The topological polar surface area (TPSA) is 101 Å². The summed E-state index contributed by atoms with van der Waals surface area (Å²) in [4.78, 5) is 12.7. The number of nitrogens with zero attached hydrogens (tertiary/aromatic N) is 1. The number of hydrogen-bond donors (Lipinski definition) is 2.